The van der Waals surface area contributed by atoms with Gasteiger partial charge >= 0.3 is 0 Å². The highest BCUT2D eigenvalue weighted by Crippen LogP contribution is 2.22. The van der Waals surface area contributed by atoms with E-state index in [1.807, 2.05) is 12.1 Å². The molecular weight excluding hydrogens is 499 g/mol. The molecule has 1 fully saturated rings. The molecule has 2 aromatic carbocycles. The zero-order valence-corrected chi connectivity index (χ0v) is 22.9. The van der Waals surface area contributed by atoms with Crippen molar-refractivity contribution in [1.82, 2.24) is 4.90 Å². The molecule has 1 aliphatic carbocycles. The summed E-state index contributed by atoms with van der Waals surface area (Å²) in [6.45, 7) is 11.6. The zero-order valence-electron chi connectivity index (χ0n) is 22.2. The first-order valence-corrected chi connectivity index (χ1v) is 13.0. The lowest BCUT2D eigenvalue weighted by Crippen LogP contribution is -2.22. The van der Waals surface area contributed by atoms with Crippen molar-refractivity contribution in [2.24, 2.45) is 5.92 Å². The van der Waals surface area contributed by atoms with Crippen LogP contribution in [-0.4, -0.2) is 41.5 Å². The van der Waals surface area contributed by atoms with E-state index in [0.29, 0.717) is 12.0 Å². The monoisotopic (exact) mass is 537 g/mol. The van der Waals surface area contributed by atoms with E-state index in [0.717, 1.165) is 37.4 Å². The summed E-state index contributed by atoms with van der Waals surface area (Å²) >= 11 is 5.95. The van der Waals surface area contributed by atoms with Crippen LogP contribution in [0.15, 0.2) is 65.8 Å². The average Bonchev–Trinajstić information content (AvgIpc) is 3.29. The first-order valence-electron chi connectivity index (χ1n) is 12.6. The quantitative estimate of drug-likeness (QED) is 0.319. The number of rotatable bonds is 4. The molecule has 7 heteroatoms. The normalized spacial score (nSPS) is 18.6. The van der Waals surface area contributed by atoms with Crippen molar-refractivity contribution < 1.29 is 23.1 Å². The lowest BCUT2D eigenvalue weighted by atomic mass is 10.0. The molecule has 0 radical (unpaired) electrons. The van der Waals surface area contributed by atoms with E-state index in [4.69, 9.17) is 21.5 Å². The average molecular weight is 538 g/mol. The third kappa shape index (κ3) is 13.5. The molecule has 37 heavy (non-hydrogen) atoms. The molecule has 0 aromatic heterocycles. The summed E-state index contributed by atoms with van der Waals surface area (Å²) in [5, 5.41) is 7.13. The van der Waals surface area contributed by atoms with E-state index in [2.05, 4.69) is 37.8 Å². The van der Waals surface area contributed by atoms with Crippen molar-refractivity contribution in [2.45, 2.75) is 58.8 Å². The Balaban J connectivity index is 0.000000273. The summed E-state index contributed by atoms with van der Waals surface area (Å²) in [4.78, 5) is 10.9. The molecule has 1 aliphatic heterocycles. The third-order valence-electron chi connectivity index (χ3n) is 6.15. The number of hydrogen-bond acceptors (Lipinski definition) is 2. The number of allylic oxidation sites excluding steroid dienone is 4. The number of carboxylic acid groups (broad SMARTS) is 1. The summed E-state index contributed by atoms with van der Waals surface area (Å²) in [6, 6.07) is 10.3. The summed E-state index contributed by atoms with van der Waals surface area (Å²) < 4.78 is 37.6. The van der Waals surface area contributed by atoms with Gasteiger partial charge in [0.2, 0.25) is 0 Å². The van der Waals surface area contributed by atoms with Crippen LogP contribution in [0.4, 0.5) is 13.2 Å². The van der Waals surface area contributed by atoms with Gasteiger partial charge in [-0.3, -0.25) is 4.79 Å². The van der Waals surface area contributed by atoms with Crippen molar-refractivity contribution in [1.29, 1.82) is 0 Å². The zero-order chi connectivity index (χ0) is 27.8. The van der Waals surface area contributed by atoms with Crippen LogP contribution >= 0.6 is 11.6 Å². The van der Waals surface area contributed by atoms with Gasteiger partial charge < -0.3 is 10.0 Å². The topological polar surface area (TPSA) is 40.5 Å². The lowest BCUT2D eigenvalue weighted by molar-refractivity contribution is -0.122. The molecule has 0 bridgehead atoms. The Morgan fingerprint density at radius 1 is 1.05 bits per heavy atom. The number of hydrogen-bond donors (Lipinski definition) is 1. The molecule has 1 saturated heterocycles. The molecule has 4 rings (SSSR count). The number of aryl methyl sites for hydroxylation is 1. The second kappa shape index (κ2) is 17.8. The highest BCUT2D eigenvalue weighted by atomic mass is 35.5. The molecule has 0 saturated carbocycles. The largest absolute Gasteiger partial charge is 0.483 e. The Hall–Kier alpha value is -2.57. The third-order valence-corrected chi connectivity index (χ3v) is 6.65. The van der Waals surface area contributed by atoms with E-state index < -0.39 is 0 Å². The van der Waals surface area contributed by atoms with Crippen molar-refractivity contribution in [3.8, 4) is 0 Å². The second-order valence-electron chi connectivity index (χ2n) is 9.36. The fourth-order valence-corrected chi connectivity index (χ4v) is 4.19. The molecule has 1 heterocycles. The number of benzene rings is 2. The Labute approximate surface area is 224 Å². The molecule has 2 atom stereocenters. The molecule has 2 aliphatic rings. The van der Waals surface area contributed by atoms with Crippen LogP contribution in [0.1, 0.15) is 51.7 Å². The molecule has 0 amide bonds. The van der Waals surface area contributed by atoms with Crippen LogP contribution in [-0.2, 0) is 17.6 Å². The van der Waals surface area contributed by atoms with Gasteiger partial charge in [0, 0.05) is 13.1 Å². The smallest absolute Gasteiger partial charge is 0.290 e. The Kier molecular flexibility index (Phi) is 15.6. The van der Waals surface area contributed by atoms with Crippen LogP contribution in [0.25, 0.3) is 0 Å². The lowest BCUT2D eigenvalue weighted by Gasteiger charge is -2.14. The number of halogens is 4. The van der Waals surface area contributed by atoms with Gasteiger partial charge in [0.1, 0.15) is 17.5 Å². The van der Waals surface area contributed by atoms with E-state index in [1.165, 1.54) is 42.3 Å². The van der Waals surface area contributed by atoms with Gasteiger partial charge in [-0.15, -0.1) is 11.6 Å². The molecule has 3 nitrogen and oxygen atoms in total. The van der Waals surface area contributed by atoms with Gasteiger partial charge in [0.25, 0.3) is 6.47 Å². The van der Waals surface area contributed by atoms with Gasteiger partial charge in [0.05, 0.1) is 5.38 Å². The maximum absolute atomic E-state index is 12.7. The Morgan fingerprint density at radius 3 is 2.16 bits per heavy atom. The molecule has 2 unspecified atom stereocenters. The standard InChI is InChI=1S/C13H18FN.C8H11Cl.C8H8F2.CH2O2/c1-11-6-8-15(10-11)9-7-12-2-4-13(14)5-3-12;1-6-3-4-7(2)8(9)5-6;1-2-6-5-7(9)3-4-8(6)10;2-1-3/h2-5,11H,6-10H2,1H3;3-4,8H,5H2,1-2H3;3-5H,2H2,1H3;1H,(H,2,3). The summed E-state index contributed by atoms with van der Waals surface area (Å²) in [6.07, 6.45) is 8.13. The van der Waals surface area contributed by atoms with Crippen LogP contribution in [0.3, 0.4) is 0 Å². The van der Waals surface area contributed by atoms with Gasteiger partial charge in [-0.2, -0.15) is 0 Å². The first-order chi connectivity index (χ1) is 17.6. The minimum absolute atomic E-state index is 0.145. The SMILES string of the molecule is CC1=CC=C(C)C(Cl)C1.CC1CCN(CCc2ccc(F)cc2)C1.CCc1cc(F)ccc1F.O=CO. The van der Waals surface area contributed by atoms with Crippen LogP contribution < -0.4 is 0 Å². The molecule has 1 N–H and O–H groups in total. The van der Waals surface area contributed by atoms with Crippen LogP contribution in [0.5, 0.6) is 0 Å². The maximum Gasteiger partial charge on any atom is 0.290 e. The maximum atomic E-state index is 12.7. The van der Waals surface area contributed by atoms with Crippen LogP contribution in [0, 0.1) is 23.4 Å². The van der Waals surface area contributed by atoms with Gasteiger partial charge in [-0.1, -0.05) is 49.3 Å². The van der Waals surface area contributed by atoms with Crippen molar-refractivity contribution in [3.63, 3.8) is 0 Å². The first kappa shape index (κ1) is 32.5. The number of carbonyl (C=O) groups is 1. The van der Waals surface area contributed by atoms with Gasteiger partial charge in [-0.25, -0.2) is 13.2 Å². The predicted molar refractivity (Wildman–Crippen MR) is 147 cm³/mol. The van der Waals surface area contributed by atoms with Crippen molar-refractivity contribution in [3.05, 3.63) is 94.3 Å². The summed E-state index contributed by atoms with van der Waals surface area (Å²) in [5.41, 5.74) is 4.32. The molecule has 0 spiro atoms. The fraction of sp³-hybridized carbons (Fsp3) is 0.433. The fourth-order valence-electron chi connectivity index (χ4n) is 3.87. The van der Waals surface area contributed by atoms with E-state index >= 15 is 0 Å². The van der Waals surface area contributed by atoms with E-state index in [1.54, 1.807) is 19.1 Å². The van der Waals surface area contributed by atoms with Crippen molar-refractivity contribution >= 4 is 18.1 Å². The minimum atomic E-state index is -0.377. The summed E-state index contributed by atoms with van der Waals surface area (Å²) in [5.74, 6) is -0.00564. The minimum Gasteiger partial charge on any atom is -0.483 e. The molecular formula is C30H39ClF3NO2. The van der Waals surface area contributed by atoms with Gasteiger partial charge in [-0.05, 0) is 93.5 Å². The molecule has 2 aromatic rings. The van der Waals surface area contributed by atoms with E-state index in [-0.39, 0.29) is 29.3 Å². The van der Waals surface area contributed by atoms with Crippen molar-refractivity contribution in [2.75, 3.05) is 19.6 Å². The highest BCUT2D eigenvalue weighted by molar-refractivity contribution is 6.22. The highest BCUT2D eigenvalue weighted by Gasteiger charge is 2.17. The Morgan fingerprint density at radius 2 is 1.68 bits per heavy atom. The van der Waals surface area contributed by atoms with E-state index in [9.17, 15) is 13.2 Å². The van der Waals surface area contributed by atoms with Crippen LogP contribution in [0.2, 0.25) is 0 Å². The second-order valence-corrected chi connectivity index (χ2v) is 9.89. The molecule has 204 valence electrons. The number of nitrogens with zero attached hydrogens (tertiary/aromatic N) is 1. The number of likely N-dealkylation sites (tertiary alicyclic amines) is 1. The Bertz CT molecular complexity index is 1010. The summed E-state index contributed by atoms with van der Waals surface area (Å²) in [7, 11) is 0. The number of alkyl halides is 1. The van der Waals surface area contributed by atoms with Gasteiger partial charge in [0.15, 0.2) is 0 Å². The predicted octanol–water partition coefficient (Wildman–Crippen LogP) is 7.83.